The fraction of sp³-hybridized carbons (Fsp3) is 0.643. The Balaban J connectivity index is 1.61. The number of carbonyl (C=O) groups excluding carboxylic acids is 1. The molecule has 0 bridgehead atoms. The van der Waals surface area contributed by atoms with Crippen LogP contribution in [-0.2, 0) is 11.3 Å². The first-order chi connectivity index (χ1) is 9.74. The Morgan fingerprint density at radius 2 is 2.15 bits per heavy atom. The molecule has 1 amide bonds. The lowest BCUT2D eigenvalue weighted by molar-refractivity contribution is -0.121. The van der Waals surface area contributed by atoms with Crippen LogP contribution in [0.2, 0.25) is 0 Å². The molecule has 1 aliphatic rings. The van der Waals surface area contributed by atoms with Gasteiger partial charge in [-0.3, -0.25) is 9.59 Å². The summed E-state index contributed by atoms with van der Waals surface area (Å²) in [4.78, 5) is 31.6. The van der Waals surface area contributed by atoms with Gasteiger partial charge in [-0.1, -0.05) is 6.42 Å². The Labute approximate surface area is 118 Å². The molecule has 0 unspecified atom stereocenters. The molecule has 20 heavy (non-hydrogen) atoms. The number of hydrogen-bond acceptors (Lipinski definition) is 4. The zero-order chi connectivity index (χ0) is 14.2. The summed E-state index contributed by atoms with van der Waals surface area (Å²) in [7, 11) is 0. The summed E-state index contributed by atoms with van der Waals surface area (Å²) in [6.45, 7) is 3.64. The van der Waals surface area contributed by atoms with E-state index in [1.54, 1.807) is 0 Å². The molecule has 1 fully saturated rings. The van der Waals surface area contributed by atoms with Crippen LogP contribution in [0, 0.1) is 0 Å². The van der Waals surface area contributed by atoms with Crippen LogP contribution in [0.3, 0.4) is 0 Å². The number of rotatable bonds is 6. The van der Waals surface area contributed by atoms with Crippen molar-refractivity contribution in [1.29, 1.82) is 0 Å². The van der Waals surface area contributed by atoms with E-state index in [1.165, 1.54) is 44.7 Å². The average Bonchev–Trinajstić information content (AvgIpc) is 2.46. The topological polar surface area (TPSA) is 78.1 Å². The largest absolute Gasteiger partial charge is 0.350 e. The highest BCUT2D eigenvalue weighted by Crippen LogP contribution is 2.09. The number of H-pyrrole nitrogens is 1. The minimum atomic E-state index is -0.200. The van der Waals surface area contributed by atoms with Crippen molar-refractivity contribution in [2.45, 2.75) is 38.6 Å². The molecule has 0 saturated carbocycles. The Kier molecular flexibility index (Phi) is 5.73. The SMILES string of the molecule is O=C(CCCN1CCCCC1)NCc1cc(=O)[nH]cn1. The van der Waals surface area contributed by atoms with Gasteiger partial charge in [-0.05, 0) is 38.9 Å². The molecule has 0 atom stereocenters. The number of aromatic amines is 1. The van der Waals surface area contributed by atoms with Crippen molar-refractivity contribution in [1.82, 2.24) is 20.2 Å². The molecule has 1 aromatic heterocycles. The third-order valence-corrected chi connectivity index (χ3v) is 3.53. The van der Waals surface area contributed by atoms with Crippen LogP contribution < -0.4 is 10.9 Å². The van der Waals surface area contributed by atoms with Gasteiger partial charge >= 0.3 is 0 Å². The van der Waals surface area contributed by atoms with E-state index in [9.17, 15) is 9.59 Å². The van der Waals surface area contributed by atoms with Gasteiger partial charge in [0.15, 0.2) is 0 Å². The minimum Gasteiger partial charge on any atom is -0.350 e. The third-order valence-electron chi connectivity index (χ3n) is 3.53. The Morgan fingerprint density at radius 1 is 1.35 bits per heavy atom. The Bertz CT molecular complexity index is 480. The number of aromatic nitrogens is 2. The van der Waals surface area contributed by atoms with Crippen molar-refractivity contribution < 1.29 is 4.79 Å². The van der Waals surface area contributed by atoms with Gasteiger partial charge in [-0.2, -0.15) is 0 Å². The monoisotopic (exact) mass is 278 g/mol. The normalized spacial score (nSPS) is 16.0. The Morgan fingerprint density at radius 3 is 2.90 bits per heavy atom. The zero-order valence-corrected chi connectivity index (χ0v) is 11.7. The van der Waals surface area contributed by atoms with Crippen molar-refractivity contribution in [3.05, 3.63) is 28.4 Å². The standard InChI is InChI=1S/C14H22N4O2/c19-13(5-4-8-18-6-2-1-3-7-18)15-10-12-9-14(20)17-11-16-12/h9,11H,1-8,10H2,(H,15,19)(H,16,17,20). The second-order valence-corrected chi connectivity index (χ2v) is 5.19. The van der Waals surface area contributed by atoms with Crippen LogP contribution in [0.5, 0.6) is 0 Å². The molecule has 0 aliphatic carbocycles. The van der Waals surface area contributed by atoms with Crippen molar-refractivity contribution >= 4 is 5.91 Å². The lowest BCUT2D eigenvalue weighted by Gasteiger charge is -2.26. The molecule has 1 aromatic rings. The van der Waals surface area contributed by atoms with Crippen LogP contribution >= 0.6 is 0 Å². The predicted octanol–water partition coefficient (Wildman–Crippen LogP) is 0.652. The van der Waals surface area contributed by atoms with Crippen LogP contribution in [0.25, 0.3) is 0 Å². The number of nitrogens with one attached hydrogen (secondary N) is 2. The third kappa shape index (κ3) is 5.13. The number of likely N-dealkylation sites (tertiary alicyclic amines) is 1. The molecule has 0 aromatic carbocycles. The van der Waals surface area contributed by atoms with Gasteiger partial charge in [0.05, 0.1) is 18.6 Å². The van der Waals surface area contributed by atoms with Gasteiger partial charge in [0.1, 0.15) is 0 Å². The van der Waals surface area contributed by atoms with Gasteiger partial charge in [0.25, 0.3) is 5.56 Å². The second-order valence-electron chi connectivity index (χ2n) is 5.19. The molecule has 1 aliphatic heterocycles. The molecule has 1 saturated heterocycles. The molecule has 110 valence electrons. The van der Waals surface area contributed by atoms with E-state index in [0.29, 0.717) is 18.7 Å². The van der Waals surface area contributed by atoms with E-state index >= 15 is 0 Å². The summed E-state index contributed by atoms with van der Waals surface area (Å²) in [5.41, 5.74) is 0.382. The quantitative estimate of drug-likeness (QED) is 0.801. The molecular weight excluding hydrogens is 256 g/mol. The number of nitrogens with zero attached hydrogens (tertiary/aromatic N) is 2. The highest BCUT2D eigenvalue weighted by Gasteiger charge is 2.10. The Hall–Kier alpha value is -1.69. The van der Waals surface area contributed by atoms with Gasteiger partial charge in [-0.25, -0.2) is 4.98 Å². The summed E-state index contributed by atoms with van der Waals surface area (Å²) < 4.78 is 0. The second kappa shape index (κ2) is 7.79. The molecule has 0 spiro atoms. The summed E-state index contributed by atoms with van der Waals surface area (Å²) in [5.74, 6) is 0.0177. The highest BCUT2D eigenvalue weighted by molar-refractivity contribution is 5.75. The maximum atomic E-state index is 11.7. The smallest absolute Gasteiger partial charge is 0.250 e. The molecule has 2 N–H and O–H groups in total. The lowest BCUT2D eigenvalue weighted by atomic mass is 10.1. The molecule has 6 nitrogen and oxygen atoms in total. The van der Waals surface area contributed by atoms with Crippen molar-refractivity contribution in [2.75, 3.05) is 19.6 Å². The van der Waals surface area contributed by atoms with Crippen molar-refractivity contribution in [3.8, 4) is 0 Å². The number of amides is 1. The fourth-order valence-electron chi connectivity index (χ4n) is 2.43. The van der Waals surface area contributed by atoms with Crippen LogP contribution in [0.4, 0.5) is 0 Å². The van der Waals surface area contributed by atoms with Gasteiger partial charge in [-0.15, -0.1) is 0 Å². The summed E-state index contributed by atoms with van der Waals surface area (Å²) in [6.07, 6.45) is 6.65. The predicted molar refractivity (Wildman–Crippen MR) is 76.2 cm³/mol. The van der Waals surface area contributed by atoms with E-state index in [-0.39, 0.29) is 11.5 Å². The van der Waals surface area contributed by atoms with Gasteiger partial charge < -0.3 is 15.2 Å². The molecule has 2 heterocycles. The summed E-state index contributed by atoms with van der Waals surface area (Å²) in [6, 6.07) is 1.40. The lowest BCUT2D eigenvalue weighted by Crippen LogP contribution is -2.31. The maximum absolute atomic E-state index is 11.7. The van der Waals surface area contributed by atoms with Crippen LogP contribution in [0.15, 0.2) is 17.2 Å². The van der Waals surface area contributed by atoms with Crippen LogP contribution in [-0.4, -0.2) is 40.4 Å². The number of piperidine rings is 1. The van der Waals surface area contributed by atoms with Gasteiger partial charge in [0, 0.05) is 12.5 Å². The first kappa shape index (κ1) is 14.7. The molecule has 2 rings (SSSR count). The van der Waals surface area contributed by atoms with Crippen molar-refractivity contribution in [3.63, 3.8) is 0 Å². The van der Waals surface area contributed by atoms with E-state index < -0.39 is 0 Å². The average molecular weight is 278 g/mol. The van der Waals surface area contributed by atoms with E-state index in [1.807, 2.05) is 0 Å². The molecule has 0 radical (unpaired) electrons. The van der Waals surface area contributed by atoms with Crippen LogP contribution in [0.1, 0.15) is 37.8 Å². The van der Waals surface area contributed by atoms with Gasteiger partial charge in [0.2, 0.25) is 5.91 Å². The zero-order valence-electron chi connectivity index (χ0n) is 11.7. The summed E-state index contributed by atoms with van der Waals surface area (Å²) >= 11 is 0. The molecule has 6 heteroatoms. The van der Waals surface area contributed by atoms with E-state index in [2.05, 4.69) is 20.2 Å². The van der Waals surface area contributed by atoms with Crippen molar-refractivity contribution in [2.24, 2.45) is 0 Å². The summed E-state index contributed by atoms with van der Waals surface area (Å²) in [5, 5.41) is 2.79. The first-order valence-electron chi connectivity index (χ1n) is 7.27. The van der Waals surface area contributed by atoms with E-state index in [0.717, 1.165) is 13.0 Å². The van der Waals surface area contributed by atoms with E-state index in [4.69, 9.17) is 0 Å². The fourth-order valence-corrected chi connectivity index (χ4v) is 2.43. The molecular formula is C14H22N4O2. The number of carbonyl (C=O) groups is 1. The maximum Gasteiger partial charge on any atom is 0.250 e. The number of hydrogen-bond donors (Lipinski definition) is 2. The minimum absolute atomic E-state index is 0.0177. The first-order valence-corrected chi connectivity index (χ1v) is 7.27. The highest BCUT2D eigenvalue weighted by atomic mass is 16.1.